The molecule has 0 radical (unpaired) electrons. The van der Waals surface area contributed by atoms with Gasteiger partial charge in [-0.15, -0.1) is 5.10 Å². The fourth-order valence-electron chi connectivity index (χ4n) is 4.62. The van der Waals surface area contributed by atoms with Crippen molar-refractivity contribution in [2.24, 2.45) is 11.8 Å². The third-order valence-corrected chi connectivity index (χ3v) is 6.97. The van der Waals surface area contributed by atoms with E-state index in [4.69, 9.17) is 4.74 Å². The number of alkyl halides is 3. The molecule has 3 aromatic rings. The molecule has 0 aromatic carbocycles. The molecule has 166 valence electrons. The highest BCUT2D eigenvalue weighted by Crippen LogP contribution is 2.41. The second-order valence-electron chi connectivity index (χ2n) is 8.27. The summed E-state index contributed by atoms with van der Waals surface area (Å²) in [7, 11) is 0. The van der Waals surface area contributed by atoms with Crippen LogP contribution in [-0.2, 0) is 0 Å². The van der Waals surface area contributed by atoms with Gasteiger partial charge in [0, 0.05) is 25.3 Å². The van der Waals surface area contributed by atoms with Crippen molar-refractivity contribution in [1.29, 1.82) is 0 Å². The minimum Gasteiger partial charge on any atom is -0.489 e. The number of hydrogen-bond acceptors (Lipinski definition) is 7. The number of aromatic nitrogens is 4. The summed E-state index contributed by atoms with van der Waals surface area (Å²) >= 11 is 1.55. The fourth-order valence-corrected chi connectivity index (χ4v) is 5.40. The number of rotatable bonds is 6. The van der Waals surface area contributed by atoms with Gasteiger partial charge in [0.15, 0.2) is 11.4 Å². The van der Waals surface area contributed by atoms with Crippen molar-refractivity contribution in [2.45, 2.75) is 38.4 Å². The number of aryl methyl sites for hydroxylation is 1. The maximum atomic E-state index is 12.4. The van der Waals surface area contributed by atoms with Crippen LogP contribution in [0.15, 0.2) is 24.4 Å². The van der Waals surface area contributed by atoms with Crippen LogP contribution in [0.5, 0.6) is 5.75 Å². The first-order chi connectivity index (χ1) is 14.9. The third-order valence-electron chi connectivity index (χ3n) is 6.03. The molecular formula is C20H23F3N6OS. The predicted octanol–water partition coefficient (Wildman–Crippen LogP) is 4.15. The highest BCUT2D eigenvalue weighted by molar-refractivity contribution is 7.10. The molecular weight excluding hydrogens is 429 g/mol. The Labute approximate surface area is 181 Å². The zero-order valence-electron chi connectivity index (χ0n) is 17.0. The number of nitrogens with one attached hydrogen (secondary N) is 1. The summed E-state index contributed by atoms with van der Waals surface area (Å²) < 4.78 is 48.6. The van der Waals surface area contributed by atoms with Crippen LogP contribution < -0.4 is 15.0 Å². The first kappa shape index (κ1) is 20.3. The standard InChI is InChI=1S/C20H23F3N6OS/c1-12-9-16(31-27-12)28-10-13-4-5-14(11-28)17(13)24-19-25-18-15(3-2-7-29(18)26-19)30-8-6-20(21,22)23/h2-3,7,9,13-14,17H,4-6,8,10-11H2,1H3,(H,24,26). The van der Waals surface area contributed by atoms with E-state index in [1.54, 1.807) is 34.4 Å². The van der Waals surface area contributed by atoms with Crippen LogP contribution in [0.3, 0.4) is 0 Å². The van der Waals surface area contributed by atoms with Gasteiger partial charge < -0.3 is 15.0 Å². The van der Waals surface area contributed by atoms with E-state index in [1.807, 2.05) is 6.92 Å². The average molecular weight is 453 g/mol. The zero-order chi connectivity index (χ0) is 21.6. The van der Waals surface area contributed by atoms with E-state index in [1.165, 1.54) is 5.00 Å². The van der Waals surface area contributed by atoms with Gasteiger partial charge in [0.1, 0.15) is 5.00 Å². The summed E-state index contributed by atoms with van der Waals surface area (Å²) in [5.74, 6) is 1.74. The van der Waals surface area contributed by atoms with Gasteiger partial charge in [-0.3, -0.25) is 0 Å². The molecule has 1 saturated carbocycles. The molecule has 11 heteroatoms. The minimum absolute atomic E-state index is 0.275. The number of piperidine rings is 1. The van der Waals surface area contributed by atoms with Gasteiger partial charge in [-0.1, -0.05) is 0 Å². The second kappa shape index (κ2) is 7.85. The Morgan fingerprint density at radius 1 is 1.26 bits per heavy atom. The monoisotopic (exact) mass is 452 g/mol. The summed E-state index contributed by atoms with van der Waals surface area (Å²) in [6.45, 7) is 3.50. The molecule has 1 saturated heterocycles. The van der Waals surface area contributed by atoms with E-state index in [9.17, 15) is 13.2 Å². The van der Waals surface area contributed by atoms with Crippen LogP contribution in [0.4, 0.5) is 24.1 Å². The number of anilines is 2. The van der Waals surface area contributed by atoms with Gasteiger partial charge >= 0.3 is 6.18 Å². The van der Waals surface area contributed by atoms with Crippen LogP contribution in [0, 0.1) is 18.8 Å². The number of hydrogen-bond donors (Lipinski definition) is 1. The molecule has 31 heavy (non-hydrogen) atoms. The lowest BCUT2D eigenvalue weighted by Gasteiger charge is -2.38. The van der Waals surface area contributed by atoms with Gasteiger partial charge in [-0.05, 0) is 61.3 Å². The van der Waals surface area contributed by atoms with E-state index in [2.05, 4.69) is 30.7 Å². The molecule has 1 aliphatic carbocycles. The molecule has 2 fully saturated rings. The molecule has 2 aliphatic rings. The van der Waals surface area contributed by atoms with Crippen molar-refractivity contribution in [1.82, 2.24) is 19.0 Å². The predicted molar refractivity (Wildman–Crippen MR) is 112 cm³/mol. The molecule has 2 unspecified atom stereocenters. The summed E-state index contributed by atoms with van der Waals surface area (Å²) in [5.41, 5.74) is 1.46. The van der Waals surface area contributed by atoms with E-state index in [0.29, 0.717) is 29.2 Å². The van der Waals surface area contributed by atoms with Crippen molar-refractivity contribution >= 4 is 28.1 Å². The Morgan fingerprint density at radius 3 is 2.71 bits per heavy atom. The molecule has 0 amide bonds. The van der Waals surface area contributed by atoms with Crippen LogP contribution in [-0.4, -0.2) is 50.9 Å². The molecule has 2 atom stereocenters. The lowest BCUT2D eigenvalue weighted by molar-refractivity contribution is -0.139. The Kier molecular flexibility index (Phi) is 5.15. The first-order valence-electron chi connectivity index (χ1n) is 10.4. The third kappa shape index (κ3) is 4.28. The summed E-state index contributed by atoms with van der Waals surface area (Å²) in [4.78, 5) is 6.94. The van der Waals surface area contributed by atoms with Crippen molar-refractivity contribution in [2.75, 3.05) is 29.9 Å². The number of pyridine rings is 1. The van der Waals surface area contributed by atoms with Gasteiger partial charge in [0.2, 0.25) is 5.95 Å². The van der Waals surface area contributed by atoms with Gasteiger partial charge in [0.25, 0.3) is 0 Å². The Balaban J connectivity index is 1.28. The smallest absolute Gasteiger partial charge is 0.392 e. The van der Waals surface area contributed by atoms with Crippen molar-refractivity contribution in [3.05, 3.63) is 30.1 Å². The summed E-state index contributed by atoms with van der Waals surface area (Å²) in [5, 5.41) is 9.19. The van der Waals surface area contributed by atoms with E-state index < -0.39 is 19.2 Å². The molecule has 1 N–H and O–H groups in total. The maximum Gasteiger partial charge on any atom is 0.392 e. The lowest BCUT2D eigenvalue weighted by Crippen LogP contribution is -2.48. The van der Waals surface area contributed by atoms with Crippen molar-refractivity contribution < 1.29 is 17.9 Å². The van der Waals surface area contributed by atoms with E-state index >= 15 is 0 Å². The average Bonchev–Trinajstić information content (AvgIpc) is 3.37. The topological polar surface area (TPSA) is 67.6 Å². The molecule has 3 aromatic heterocycles. The number of ether oxygens (including phenoxy) is 1. The van der Waals surface area contributed by atoms with Crippen molar-refractivity contribution in [3.63, 3.8) is 0 Å². The van der Waals surface area contributed by atoms with Crippen LogP contribution in [0.1, 0.15) is 25.0 Å². The lowest BCUT2D eigenvalue weighted by atomic mass is 9.92. The minimum atomic E-state index is -4.25. The molecule has 7 nitrogen and oxygen atoms in total. The molecule has 2 bridgehead atoms. The zero-order valence-corrected chi connectivity index (χ0v) is 17.8. The normalized spacial score (nSPS) is 23.5. The Morgan fingerprint density at radius 2 is 2.03 bits per heavy atom. The Bertz CT molecular complexity index is 1050. The fraction of sp³-hybridized carbons (Fsp3) is 0.550. The van der Waals surface area contributed by atoms with E-state index in [-0.39, 0.29) is 6.04 Å². The van der Waals surface area contributed by atoms with Crippen LogP contribution >= 0.6 is 11.5 Å². The van der Waals surface area contributed by atoms with Crippen molar-refractivity contribution in [3.8, 4) is 5.75 Å². The number of fused-ring (bicyclic) bond motifs is 3. The SMILES string of the molecule is Cc1cc(N2CC3CCC(C2)C3Nc2nc3c(OCCC(F)(F)F)cccn3n2)sn1. The molecule has 5 rings (SSSR count). The largest absolute Gasteiger partial charge is 0.489 e. The van der Waals surface area contributed by atoms with Crippen LogP contribution in [0.25, 0.3) is 5.65 Å². The molecule has 0 spiro atoms. The summed E-state index contributed by atoms with van der Waals surface area (Å²) in [6.07, 6.45) is -1.24. The molecule has 1 aliphatic heterocycles. The number of halogens is 3. The number of nitrogens with zero attached hydrogens (tertiary/aromatic N) is 5. The summed E-state index contributed by atoms with van der Waals surface area (Å²) in [6, 6.07) is 5.72. The van der Waals surface area contributed by atoms with Crippen LogP contribution in [0.2, 0.25) is 0 Å². The molecule has 4 heterocycles. The first-order valence-corrected chi connectivity index (χ1v) is 11.1. The van der Waals surface area contributed by atoms with Gasteiger partial charge in [0.05, 0.1) is 18.7 Å². The second-order valence-corrected chi connectivity index (χ2v) is 9.05. The highest BCUT2D eigenvalue weighted by Gasteiger charge is 2.43. The van der Waals surface area contributed by atoms with Gasteiger partial charge in [-0.25, -0.2) is 4.52 Å². The maximum absolute atomic E-state index is 12.4. The van der Waals surface area contributed by atoms with E-state index in [0.717, 1.165) is 31.6 Å². The van der Waals surface area contributed by atoms with Gasteiger partial charge in [-0.2, -0.15) is 22.5 Å². The Hall–Kier alpha value is -2.56. The highest BCUT2D eigenvalue weighted by atomic mass is 32.1. The quantitative estimate of drug-likeness (QED) is 0.606.